The summed E-state index contributed by atoms with van der Waals surface area (Å²) in [5.41, 5.74) is 14.5. The third-order valence-corrected chi connectivity index (χ3v) is 10.2. The molecule has 0 radical (unpaired) electrons. The standard InChI is InChI=1S/C48H32N2/c1-3-13-33(14-4-1)34-23-27-37(28-24-34)49-45-22-12-10-20-43(45)47-46(49)32-31-42-41-19-9-11-21-44(41)50(48(42)47)38-29-25-36(26-30-38)40-18-8-7-17-39(40)35-15-5-2-6-16-35/h1-32H. The Kier molecular flexibility index (Phi) is 6.53. The Morgan fingerprint density at radius 2 is 0.720 bits per heavy atom. The molecule has 0 saturated carbocycles. The van der Waals surface area contributed by atoms with Gasteiger partial charge < -0.3 is 9.13 Å². The third-order valence-electron chi connectivity index (χ3n) is 10.2. The fourth-order valence-corrected chi connectivity index (χ4v) is 7.88. The Labute approximate surface area is 290 Å². The molecule has 0 aliphatic rings. The molecule has 0 N–H and O–H groups in total. The van der Waals surface area contributed by atoms with E-state index in [0.29, 0.717) is 0 Å². The van der Waals surface area contributed by atoms with Gasteiger partial charge in [0.15, 0.2) is 0 Å². The van der Waals surface area contributed by atoms with Crippen LogP contribution < -0.4 is 0 Å². The lowest BCUT2D eigenvalue weighted by atomic mass is 9.94. The van der Waals surface area contributed by atoms with E-state index in [1.165, 1.54) is 77.0 Å². The number of hydrogen-bond donors (Lipinski definition) is 0. The molecular weight excluding hydrogens is 605 g/mol. The number of fused-ring (bicyclic) bond motifs is 7. The van der Waals surface area contributed by atoms with Crippen LogP contribution in [0.3, 0.4) is 0 Å². The summed E-state index contributed by atoms with van der Waals surface area (Å²) in [6.07, 6.45) is 0. The van der Waals surface area contributed by atoms with Crippen LogP contribution in [0.25, 0.3) is 88.4 Å². The first-order valence-electron chi connectivity index (χ1n) is 17.2. The minimum atomic E-state index is 1.15. The van der Waals surface area contributed by atoms with Crippen LogP contribution in [0.5, 0.6) is 0 Å². The van der Waals surface area contributed by atoms with E-state index in [9.17, 15) is 0 Å². The molecule has 0 aliphatic carbocycles. The number of hydrogen-bond acceptors (Lipinski definition) is 0. The molecule has 0 aliphatic heterocycles. The Bertz CT molecular complexity index is 2820. The molecule has 2 heteroatoms. The smallest absolute Gasteiger partial charge is 0.0641 e. The summed E-state index contributed by atoms with van der Waals surface area (Å²) in [4.78, 5) is 0. The van der Waals surface area contributed by atoms with E-state index in [1.807, 2.05) is 0 Å². The molecule has 2 heterocycles. The van der Waals surface area contributed by atoms with E-state index in [4.69, 9.17) is 0 Å². The zero-order valence-corrected chi connectivity index (χ0v) is 27.4. The van der Waals surface area contributed by atoms with Crippen molar-refractivity contribution in [2.24, 2.45) is 0 Å². The van der Waals surface area contributed by atoms with E-state index in [1.54, 1.807) is 0 Å². The average Bonchev–Trinajstić information content (AvgIpc) is 3.72. The second-order valence-corrected chi connectivity index (χ2v) is 12.9. The first-order chi connectivity index (χ1) is 24.8. The van der Waals surface area contributed by atoms with Crippen molar-refractivity contribution in [1.82, 2.24) is 9.13 Å². The fourth-order valence-electron chi connectivity index (χ4n) is 7.88. The highest BCUT2D eigenvalue weighted by atomic mass is 15.0. The molecule has 8 aromatic carbocycles. The molecule has 50 heavy (non-hydrogen) atoms. The molecule has 0 spiro atoms. The monoisotopic (exact) mass is 636 g/mol. The van der Waals surface area contributed by atoms with Crippen molar-refractivity contribution in [3.63, 3.8) is 0 Å². The topological polar surface area (TPSA) is 9.86 Å². The lowest BCUT2D eigenvalue weighted by Gasteiger charge is -2.13. The zero-order chi connectivity index (χ0) is 33.0. The van der Waals surface area contributed by atoms with Gasteiger partial charge in [0, 0.05) is 32.9 Å². The summed E-state index contributed by atoms with van der Waals surface area (Å²) in [5, 5.41) is 5.03. The quantitative estimate of drug-likeness (QED) is 0.178. The van der Waals surface area contributed by atoms with Crippen molar-refractivity contribution in [2.45, 2.75) is 0 Å². The van der Waals surface area contributed by atoms with E-state index in [0.717, 1.165) is 11.4 Å². The number of nitrogens with zero attached hydrogens (tertiary/aromatic N) is 2. The van der Waals surface area contributed by atoms with Crippen molar-refractivity contribution in [3.05, 3.63) is 194 Å². The van der Waals surface area contributed by atoms with Crippen molar-refractivity contribution in [2.75, 3.05) is 0 Å². The molecule has 0 bridgehead atoms. The highest BCUT2D eigenvalue weighted by molar-refractivity contribution is 6.26. The minimum absolute atomic E-state index is 1.15. The van der Waals surface area contributed by atoms with Crippen LogP contribution in [0.4, 0.5) is 0 Å². The van der Waals surface area contributed by atoms with Crippen molar-refractivity contribution in [3.8, 4) is 44.8 Å². The van der Waals surface area contributed by atoms with Gasteiger partial charge in [-0.1, -0.05) is 152 Å². The first kappa shape index (κ1) is 28.4. The van der Waals surface area contributed by atoms with Crippen molar-refractivity contribution < 1.29 is 0 Å². The maximum absolute atomic E-state index is 2.47. The molecule has 234 valence electrons. The summed E-state index contributed by atoms with van der Waals surface area (Å²) in [6, 6.07) is 70.3. The van der Waals surface area contributed by atoms with Crippen LogP contribution in [0, 0.1) is 0 Å². The highest BCUT2D eigenvalue weighted by Gasteiger charge is 2.21. The lowest BCUT2D eigenvalue weighted by Crippen LogP contribution is -1.96. The average molecular weight is 637 g/mol. The molecule has 10 rings (SSSR count). The molecule has 0 amide bonds. The minimum Gasteiger partial charge on any atom is -0.309 e. The van der Waals surface area contributed by atoms with Crippen molar-refractivity contribution >= 4 is 43.6 Å². The summed E-state index contributed by atoms with van der Waals surface area (Å²) < 4.78 is 4.89. The molecule has 0 atom stereocenters. The molecule has 0 saturated heterocycles. The van der Waals surface area contributed by atoms with Crippen LogP contribution in [-0.2, 0) is 0 Å². The number of benzene rings is 8. The van der Waals surface area contributed by atoms with Gasteiger partial charge in [-0.3, -0.25) is 0 Å². The highest BCUT2D eigenvalue weighted by Crippen LogP contribution is 2.42. The molecule has 0 fully saturated rings. The maximum Gasteiger partial charge on any atom is 0.0641 e. The number of aromatic nitrogens is 2. The van der Waals surface area contributed by atoms with Gasteiger partial charge in [0.05, 0.1) is 22.1 Å². The second kappa shape index (κ2) is 11.5. The molecule has 2 aromatic heterocycles. The Morgan fingerprint density at radius 3 is 1.38 bits per heavy atom. The first-order valence-corrected chi connectivity index (χ1v) is 17.2. The van der Waals surface area contributed by atoms with Crippen LogP contribution in [0.1, 0.15) is 0 Å². The summed E-state index contributed by atoms with van der Waals surface area (Å²) in [7, 11) is 0. The van der Waals surface area contributed by atoms with Gasteiger partial charge in [0.2, 0.25) is 0 Å². The molecule has 2 nitrogen and oxygen atoms in total. The SMILES string of the molecule is c1ccc(-c2ccc(-n3c4ccccc4c4c3ccc3c5ccccc5n(-c5ccc(-c6ccccc6-c6ccccc6)cc5)c34)cc2)cc1. The molecule has 0 unspecified atom stereocenters. The van der Waals surface area contributed by atoms with Crippen LogP contribution in [0.2, 0.25) is 0 Å². The Balaban J connectivity index is 1.19. The fraction of sp³-hybridized carbons (Fsp3) is 0. The Morgan fingerprint density at radius 1 is 0.260 bits per heavy atom. The third kappa shape index (κ3) is 4.43. The van der Waals surface area contributed by atoms with Crippen LogP contribution in [0.15, 0.2) is 194 Å². The summed E-state index contributed by atoms with van der Waals surface area (Å²) in [6.45, 7) is 0. The van der Waals surface area contributed by atoms with Gasteiger partial charge >= 0.3 is 0 Å². The summed E-state index contributed by atoms with van der Waals surface area (Å²) in [5.74, 6) is 0. The van der Waals surface area contributed by atoms with E-state index >= 15 is 0 Å². The van der Waals surface area contributed by atoms with Gasteiger partial charge in [-0.15, -0.1) is 0 Å². The van der Waals surface area contributed by atoms with Gasteiger partial charge in [0.1, 0.15) is 0 Å². The normalized spacial score (nSPS) is 11.6. The summed E-state index contributed by atoms with van der Waals surface area (Å²) >= 11 is 0. The predicted octanol–water partition coefficient (Wildman–Crippen LogP) is 12.9. The number of rotatable bonds is 5. The van der Waals surface area contributed by atoms with Crippen molar-refractivity contribution in [1.29, 1.82) is 0 Å². The van der Waals surface area contributed by atoms with Crippen LogP contribution in [-0.4, -0.2) is 9.13 Å². The van der Waals surface area contributed by atoms with E-state index in [2.05, 4.69) is 203 Å². The largest absolute Gasteiger partial charge is 0.309 e. The van der Waals surface area contributed by atoms with Gasteiger partial charge in [0.25, 0.3) is 0 Å². The Hall–Kier alpha value is -6.64. The van der Waals surface area contributed by atoms with Crippen LogP contribution >= 0.6 is 0 Å². The van der Waals surface area contributed by atoms with E-state index < -0.39 is 0 Å². The second-order valence-electron chi connectivity index (χ2n) is 12.9. The maximum atomic E-state index is 2.47. The predicted molar refractivity (Wildman–Crippen MR) is 211 cm³/mol. The number of para-hydroxylation sites is 2. The molecule has 10 aromatic rings. The van der Waals surface area contributed by atoms with Gasteiger partial charge in [-0.25, -0.2) is 0 Å². The van der Waals surface area contributed by atoms with Gasteiger partial charge in [-0.2, -0.15) is 0 Å². The molecular formula is C48H32N2. The van der Waals surface area contributed by atoms with Gasteiger partial charge in [-0.05, 0) is 75.8 Å². The van der Waals surface area contributed by atoms with E-state index in [-0.39, 0.29) is 0 Å². The zero-order valence-electron chi connectivity index (χ0n) is 27.4. The lowest BCUT2D eigenvalue weighted by molar-refractivity contribution is 1.17.